The second kappa shape index (κ2) is 7.85. The Morgan fingerprint density at radius 1 is 1.27 bits per heavy atom. The first kappa shape index (κ1) is 18.4. The molecule has 1 fully saturated rings. The molecule has 0 saturated carbocycles. The van der Waals surface area contributed by atoms with Gasteiger partial charge in [-0.15, -0.1) is 0 Å². The molecule has 1 aliphatic heterocycles. The first-order valence-corrected chi connectivity index (χ1v) is 8.57. The molecule has 1 aliphatic rings. The van der Waals surface area contributed by atoms with Crippen LogP contribution in [-0.2, 0) is 9.53 Å². The minimum Gasteiger partial charge on any atom is -0.496 e. The highest BCUT2D eigenvalue weighted by Crippen LogP contribution is 2.33. The minimum absolute atomic E-state index is 0.111. The van der Waals surface area contributed by atoms with Gasteiger partial charge in [0.1, 0.15) is 5.75 Å². The molecular weight excluding hydrogens is 379 g/mol. The zero-order valence-electron chi connectivity index (χ0n) is 13.8. The smallest absolute Gasteiger partial charge is 0.408 e. The lowest BCUT2D eigenvalue weighted by atomic mass is 9.97. The van der Waals surface area contributed by atoms with Crippen molar-refractivity contribution in [2.45, 2.75) is 12.1 Å². The SMILES string of the molecule is COc1ccc(Cl)cc1[C@@H](NC(=O)C1CNC(=O)O1)c1cccc(Cl)c1. The molecule has 6 nitrogen and oxygen atoms in total. The minimum atomic E-state index is -0.908. The van der Waals surface area contributed by atoms with Crippen LogP contribution in [0.4, 0.5) is 4.79 Å². The maximum Gasteiger partial charge on any atom is 0.408 e. The Kier molecular flexibility index (Phi) is 5.54. The van der Waals surface area contributed by atoms with Gasteiger partial charge < -0.3 is 20.1 Å². The van der Waals surface area contributed by atoms with E-state index < -0.39 is 24.1 Å². The Hall–Kier alpha value is -2.44. The number of carbonyl (C=O) groups is 2. The molecular formula is C18H16Cl2N2O4. The fraction of sp³-hybridized carbons (Fsp3) is 0.222. The van der Waals surface area contributed by atoms with E-state index in [1.54, 1.807) is 36.4 Å². The Morgan fingerprint density at radius 2 is 2.04 bits per heavy atom. The number of hydrogen-bond donors (Lipinski definition) is 2. The number of ether oxygens (including phenoxy) is 2. The van der Waals surface area contributed by atoms with Crippen molar-refractivity contribution < 1.29 is 19.1 Å². The molecule has 0 aliphatic carbocycles. The van der Waals surface area contributed by atoms with Gasteiger partial charge in [-0.25, -0.2) is 4.79 Å². The number of nitrogens with one attached hydrogen (secondary N) is 2. The average molecular weight is 395 g/mol. The van der Waals surface area contributed by atoms with E-state index in [0.29, 0.717) is 21.4 Å². The van der Waals surface area contributed by atoms with Crippen molar-refractivity contribution in [2.75, 3.05) is 13.7 Å². The molecule has 8 heteroatoms. The summed E-state index contributed by atoms with van der Waals surface area (Å²) in [5, 5.41) is 6.36. The Bertz CT molecular complexity index is 844. The molecule has 3 rings (SSSR count). The molecule has 2 aromatic carbocycles. The highest BCUT2D eigenvalue weighted by Gasteiger charge is 2.32. The van der Waals surface area contributed by atoms with E-state index in [1.165, 1.54) is 7.11 Å². The van der Waals surface area contributed by atoms with E-state index in [1.807, 2.05) is 6.07 Å². The van der Waals surface area contributed by atoms with Crippen LogP contribution >= 0.6 is 23.2 Å². The molecule has 1 saturated heterocycles. The van der Waals surface area contributed by atoms with Gasteiger partial charge >= 0.3 is 6.09 Å². The summed E-state index contributed by atoms with van der Waals surface area (Å²) >= 11 is 12.3. The number of benzene rings is 2. The Labute approximate surface area is 160 Å². The van der Waals surface area contributed by atoms with E-state index in [9.17, 15) is 9.59 Å². The molecule has 136 valence electrons. The summed E-state index contributed by atoms with van der Waals surface area (Å²) in [6.45, 7) is 0.111. The molecule has 0 bridgehead atoms. The maximum absolute atomic E-state index is 12.6. The first-order valence-electron chi connectivity index (χ1n) is 7.81. The van der Waals surface area contributed by atoms with Crippen LogP contribution in [0.3, 0.4) is 0 Å². The second-order valence-corrected chi connectivity index (χ2v) is 6.53. The molecule has 1 unspecified atom stereocenters. The van der Waals surface area contributed by atoms with Crippen LogP contribution in [0, 0.1) is 0 Å². The molecule has 0 spiro atoms. The lowest BCUT2D eigenvalue weighted by Gasteiger charge is -2.23. The molecule has 2 aromatic rings. The van der Waals surface area contributed by atoms with Crippen molar-refractivity contribution in [3.8, 4) is 5.75 Å². The number of amides is 2. The summed E-state index contributed by atoms with van der Waals surface area (Å²) in [6.07, 6.45) is -1.53. The van der Waals surface area contributed by atoms with Crippen LogP contribution in [0.5, 0.6) is 5.75 Å². The number of rotatable bonds is 5. The van der Waals surface area contributed by atoms with Crippen LogP contribution in [0.15, 0.2) is 42.5 Å². The van der Waals surface area contributed by atoms with E-state index in [2.05, 4.69) is 10.6 Å². The van der Waals surface area contributed by atoms with Crippen molar-refractivity contribution >= 4 is 35.2 Å². The average Bonchev–Trinajstić information content (AvgIpc) is 3.06. The largest absolute Gasteiger partial charge is 0.496 e. The van der Waals surface area contributed by atoms with Gasteiger partial charge in [-0.3, -0.25) is 4.79 Å². The molecule has 2 amide bonds. The van der Waals surface area contributed by atoms with Gasteiger partial charge in [-0.05, 0) is 35.9 Å². The standard InChI is InChI=1S/C18H16Cl2N2O4/c1-25-14-6-5-12(20)8-13(14)16(10-3-2-4-11(19)7-10)22-17(23)15-9-21-18(24)26-15/h2-8,15-16H,9H2,1H3,(H,21,24)(H,22,23)/t15?,16-/m0/s1. The Morgan fingerprint density at radius 3 is 2.69 bits per heavy atom. The van der Waals surface area contributed by atoms with E-state index in [4.69, 9.17) is 32.7 Å². The Balaban J connectivity index is 1.98. The molecule has 2 N–H and O–H groups in total. The van der Waals surface area contributed by atoms with Crippen molar-refractivity contribution in [2.24, 2.45) is 0 Å². The van der Waals surface area contributed by atoms with Crippen molar-refractivity contribution in [1.82, 2.24) is 10.6 Å². The van der Waals surface area contributed by atoms with Gasteiger partial charge in [0.15, 0.2) is 6.10 Å². The zero-order chi connectivity index (χ0) is 18.7. The lowest BCUT2D eigenvalue weighted by Crippen LogP contribution is -2.39. The monoisotopic (exact) mass is 394 g/mol. The van der Waals surface area contributed by atoms with Gasteiger partial charge in [-0.2, -0.15) is 0 Å². The number of alkyl carbamates (subject to hydrolysis) is 1. The highest BCUT2D eigenvalue weighted by atomic mass is 35.5. The number of cyclic esters (lactones) is 1. The van der Waals surface area contributed by atoms with Gasteiger partial charge in [0.25, 0.3) is 5.91 Å². The van der Waals surface area contributed by atoms with Crippen molar-refractivity contribution in [3.63, 3.8) is 0 Å². The topological polar surface area (TPSA) is 76.7 Å². The number of carbonyl (C=O) groups excluding carboxylic acids is 2. The summed E-state index contributed by atoms with van der Waals surface area (Å²) < 4.78 is 10.4. The lowest BCUT2D eigenvalue weighted by molar-refractivity contribution is -0.128. The molecule has 0 radical (unpaired) electrons. The van der Waals surface area contributed by atoms with Crippen LogP contribution in [0.25, 0.3) is 0 Å². The fourth-order valence-electron chi connectivity index (χ4n) is 2.73. The summed E-state index contributed by atoms with van der Waals surface area (Å²) in [7, 11) is 1.53. The van der Waals surface area contributed by atoms with Crippen molar-refractivity contribution in [3.05, 3.63) is 63.6 Å². The third-order valence-electron chi connectivity index (χ3n) is 3.94. The normalized spacial score (nSPS) is 17.2. The third-order valence-corrected chi connectivity index (χ3v) is 4.42. The van der Waals surface area contributed by atoms with Crippen LogP contribution in [0.2, 0.25) is 10.0 Å². The highest BCUT2D eigenvalue weighted by molar-refractivity contribution is 6.31. The number of halogens is 2. The summed E-state index contributed by atoms with van der Waals surface area (Å²) in [4.78, 5) is 23.8. The van der Waals surface area contributed by atoms with E-state index in [0.717, 1.165) is 5.56 Å². The second-order valence-electron chi connectivity index (χ2n) is 5.66. The maximum atomic E-state index is 12.6. The third kappa shape index (κ3) is 4.03. The van der Waals surface area contributed by atoms with Crippen LogP contribution in [-0.4, -0.2) is 31.8 Å². The molecule has 1 heterocycles. The number of hydrogen-bond acceptors (Lipinski definition) is 4. The summed E-state index contributed by atoms with van der Waals surface area (Å²) in [6, 6.07) is 11.6. The molecule has 0 aromatic heterocycles. The van der Waals surface area contributed by atoms with Crippen LogP contribution in [0.1, 0.15) is 17.2 Å². The summed E-state index contributed by atoms with van der Waals surface area (Å²) in [5.74, 6) is 0.122. The predicted molar refractivity (Wildman–Crippen MR) is 97.7 cm³/mol. The van der Waals surface area contributed by atoms with E-state index >= 15 is 0 Å². The summed E-state index contributed by atoms with van der Waals surface area (Å²) in [5.41, 5.74) is 1.40. The molecule has 2 atom stereocenters. The molecule has 26 heavy (non-hydrogen) atoms. The van der Waals surface area contributed by atoms with Gasteiger partial charge in [0, 0.05) is 15.6 Å². The number of methoxy groups -OCH3 is 1. The predicted octanol–water partition coefficient (Wildman–Crippen LogP) is 3.32. The fourth-order valence-corrected chi connectivity index (χ4v) is 3.11. The van der Waals surface area contributed by atoms with E-state index in [-0.39, 0.29) is 6.54 Å². The van der Waals surface area contributed by atoms with Crippen LogP contribution < -0.4 is 15.4 Å². The first-order chi connectivity index (χ1) is 12.5. The zero-order valence-corrected chi connectivity index (χ0v) is 15.3. The van der Waals surface area contributed by atoms with Crippen molar-refractivity contribution in [1.29, 1.82) is 0 Å². The van der Waals surface area contributed by atoms with Gasteiger partial charge in [-0.1, -0.05) is 35.3 Å². The quantitative estimate of drug-likeness (QED) is 0.815. The van der Waals surface area contributed by atoms with Gasteiger partial charge in [0.05, 0.1) is 19.7 Å². The van der Waals surface area contributed by atoms with Gasteiger partial charge in [0.2, 0.25) is 0 Å².